The number of nitrogens with zero attached hydrogens (tertiary/aromatic N) is 2. The third-order valence-electron chi connectivity index (χ3n) is 3.10. The molecule has 1 aliphatic rings. The minimum Gasteiger partial charge on any atom is -0.481 e. The molecule has 0 aromatic carbocycles. The van der Waals surface area contributed by atoms with Gasteiger partial charge < -0.3 is 15.0 Å². The van der Waals surface area contributed by atoms with E-state index >= 15 is 0 Å². The van der Waals surface area contributed by atoms with Crippen molar-refractivity contribution in [2.45, 2.75) is 32.4 Å². The van der Waals surface area contributed by atoms with Crippen LogP contribution in [0.4, 0.5) is 5.82 Å². The fraction of sp³-hybridized carbons (Fsp3) is 0.462. The number of aromatic nitrogens is 2. The number of nitrogens with one attached hydrogen (secondary N) is 1. The number of hydrogen-bond donors (Lipinski definition) is 2. The quantitative estimate of drug-likeness (QED) is 0.777. The average molecular weight is 263 g/mol. The van der Waals surface area contributed by atoms with Gasteiger partial charge in [-0.15, -0.1) is 0 Å². The zero-order valence-electron chi connectivity index (χ0n) is 10.7. The molecule has 0 saturated heterocycles. The van der Waals surface area contributed by atoms with Gasteiger partial charge in [-0.05, 0) is 12.8 Å². The minimum atomic E-state index is -0.843. The Hall–Kier alpha value is -2.11. The Morgan fingerprint density at radius 3 is 3.00 bits per heavy atom. The lowest BCUT2D eigenvalue weighted by atomic mass is 10.1. The van der Waals surface area contributed by atoms with Crippen molar-refractivity contribution >= 4 is 11.8 Å². The molecule has 19 heavy (non-hydrogen) atoms. The van der Waals surface area contributed by atoms with Gasteiger partial charge in [-0.25, -0.2) is 4.98 Å². The standard InChI is InChI=1S/C13H17N3O3/c1-2-6-16-7-5-14-11(12(16)17)15-10-4-3-9(8-10)13(18)19/h3-5,7,9-10H,2,6,8H2,1H3,(H,14,15)(H,18,19). The number of carboxylic acid groups (broad SMARTS) is 1. The van der Waals surface area contributed by atoms with Gasteiger partial charge in [-0.3, -0.25) is 9.59 Å². The fourth-order valence-corrected chi connectivity index (χ4v) is 2.13. The average Bonchev–Trinajstić information content (AvgIpc) is 2.83. The summed E-state index contributed by atoms with van der Waals surface area (Å²) in [5.74, 6) is -1.05. The van der Waals surface area contributed by atoms with Gasteiger partial charge in [-0.2, -0.15) is 0 Å². The molecule has 2 atom stereocenters. The van der Waals surface area contributed by atoms with E-state index in [9.17, 15) is 9.59 Å². The van der Waals surface area contributed by atoms with Crippen molar-refractivity contribution in [1.29, 1.82) is 0 Å². The fourth-order valence-electron chi connectivity index (χ4n) is 2.13. The lowest BCUT2D eigenvalue weighted by Gasteiger charge is -2.13. The van der Waals surface area contributed by atoms with Crippen molar-refractivity contribution in [2.24, 2.45) is 5.92 Å². The molecule has 0 saturated carbocycles. The van der Waals surface area contributed by atoms with Gasteiger partial charge in [0, 0.05) is 25.0 Å². The molecule has 2 N–H and O–H groups in total. The second kappa shape index (κ2) is 5.69. The monoisotopic (exact) mass is 263 g/mol. The van der Waals surface area contributed by atoms with Crippen LogP contribution in [0.1, 0.15) is 19.8 Å². The highest BCUT2D eigenvalue weighted by molar-refractivity contribution is 5.73. The zero-order valence-corrected chi connectivity index (χ0v) is 10.7. The summed E-state index contributed by atoms with van der Waals surface area (Å²) in [5.41, 5.74) is -0.170. The van der Waals surface area contributed by atoms with Gasteiger partial charge in [-0.1, -0.05) is 19.1 Å². The summed E-state index contributed by atoms with van der Waals surface area (Å²) in [6.45, 7) is 2.64. The lowest BCUT2D eigenvalue weighted by Crippen LogP contribution is -2.28. The predicted octanol–water partition coefficient (Wildman–Crippen LogP) is 1.09. The van der Waals surface area contributed by atoms with Gasteiger partial charge in [0.1, 0.15) is 0 Å². The maximum Gasteiger partial charge on any atom is 0.310 e. The van der Waals surface area contributed by atoms with E-state index in [1.54, 1.807) is 29.1 Å². The molecule has 6 nitrogen and oxygen atoms in total. The highest BCUT2D eigenvalue weighted by atomic mass is 16.4. The molecular weight excluding hydrogens is 246 g/mol. The minimum absolute atomic E-state index is 0.154. The maximum absolute atomic E-state index is 12.1. The van der Waals surface area contributed by atoms with Gasteiger partial charge in [0.05, 0.1) is 5.92 Å². The largest absolute Gasteiger partial charge is 0.481 e. The Morgan fingerprint density at radius 1 is 1.58 bits per heavy atom. The van der Waals surface area contributed by atoms with Crippen LogP contribution in [0.2, 0.25) is 0 Å². The van der Waals surface area contributed by atoms with Gasteiger partial charge in [0.2, 0.25) is 0 Å². The van der Waals surface area contributed by atoms with E-state index < -0.39 is 11.9 Å². The first-order chi connectivity index (χ1) is 9.11. The van der Waals surface area contributed by atoms with E-state index in [4.69, 9.17) is 5.11 Å². The number of aliphatic carboxylic acids is 1. The van der Waals surface area contributed by atoms with E-state index in [0.717, 1.165) is 6.42 Å². The Bertz CT molecular complexity index is 550. The molecule has 2 unspecified atom stereocenters. The van der Waals surface area contributed by atoms with Crippen LogP contribution in [0.3, 0.4) is 0 Å². The van der Waals surface area contributed by atoms with Crippen LogP contribution >= 0.6 is 0 Å². The van der Waals surface area contributed by atoms with Gasteiger partial charge in [0.15, 0.2) is 5.82 Å². The number of aryl methyl sites for hydroxylation is 1. The normalized spacial score (nSPS) is 21.5. The molecule has 0 aliphatic heterocycles. The molecule has 0 amide bonds. The van der Waals surface area contributed by atoms with Crippen molar-refractivity contribution in [2.75, 3.05) is 5.32 Å². The summed E-state index contributed by atoms with van der Waals surface area (Å²) in [4.78, 5) is 26.9. The molecule has 1 aliphatic carbocycles. The van der Waals surface area contributed by atoms with Crippen LogP contribution < -0.4 is 10.9 Å². The SMILES string of the molecule is CCCn1ccnc(NC2C=CC(C(=O)O)C2)c1=O. The van der Waals surface area contributed by atoms with E-state index in [-0.39, 0.29) is 17.4 Å². The maximum atomic E-state index is 12.1. The van der Waals surface area contributed by atoms with Crippen LogP contribution in [-0.2, 0) is 11.3 Å². The van der Waals surface area contributed by atoms with Crippen LogP contribution in [-0.4, -0.2) is 26.7 Å². The Kier molecular flexibility index (Phi) is 3.99. The third-order valence-corrected chi connectivity index (χ3v) is 3.10. The Labute approximate surface area is 110 Å². The topological polar surface area (TPSA) is 84.2 Å². The Balaban J connectivity index is 2.09. The summed E-state index contributed by atoms with van der Waals surface area (Å²) < 4.78 is 1.60. The molecule has 1 aromatic heterocycles. The number of carboxylic acids is 1. The number of carbonyl (C=O) groups is 1. The smallest absolute Gasteiger partial charge is 0.310 e. The van der Waals surface area contributed by atoms with Crippen molar-refractivity contribution in [1.82, 2.24) is 9.55 Å². The van der Waals surface area contributed by atoms with E-state index in [0.29, 0.717) is 13.0 Å². The van der Waals surface area contributed by atoms with E-state index in [1.165, 1.54) is 0 Å². The summed E-state index contributed by atoms with van der Waals surface area (Å²) >= 11 is 0. The molecule has 0 bridgehead atoms. The van der Waals surface area contributed by atoms with Crippen LogP contribution in [0.15, 0.2) is 29.3 Å². The van der Waals surface area contributed by atoms with E-state index in [2.05, 4.69) is 10.3 Å². The van der Waals surface area contributed by atoms with Crippen molar-refractivity contribution in [3.05, 3.63) is 34.9 Å². The molecule has 6 heteroatoms. The second-order valence-corrected chi connectivity index (χ2v) is 4.59. The van der Waals surface area contributed by atoms with Crippen molar-refractivity contribution in [3.63, 3.8) is 0 Å². The number of hydrogen-bond acceptors (Lipinski definition) is 4. The first kappa shape index (κ1) is 13.3. The molecular formula is C13H17N3O3. The third kappa shape index (κ3) is 3.01. The van der Waals surface area contributed by atoms with Crippen LogP contribution in [0.25, 0.3) is 0 Å². The van der Waals surface area contributed by atoms with Gasteiger partial charge >= 0.3 is 5.97 Å². The molecule has 102 valence electrons. The Morgan fingerprint density at radius 2 is 2.37 bits per heavy atom. The van der Waals surface area contributed by atoms with Crippen molar-refractivity contribution < 1.29 is 9.90 Å². The lowest BCUT2D eigenvalue weighted by molar-refractivity contribution is -0.140. The molecule has 0 spiro atoms. The molecule has 1 heterocycles. The highest BCUT2D eigenvalue weighted by Crippen LogP contribution is 2.19. The molecule has 2 rings (SSSR count). The molecule has 1 aromatic rings. The van der Waals surface area contributed by atoms with Crippen molar-refractivity contribution in [3.8, 4) is 0 Å². The second-order valence-electron chi connectivity index (χ2n) is 4.59. The molecule has 0 fully saturated rings. The number of anilines is 1. The zero-order chi connectivity index (χ0) is 13.8. The summed E-state index contributed by atoms with van der Waals surface area (Å²) in [6, 6.07) is -0.154. The highest BCUT2D eigenvalue weighted by Gasteiger charge is 2.25. The van der Waals surface area contributed by atoms with Crippen LogP contribution in [0, 0.1) is 5.92 Å². The first-order valence-electron chi connectivity index (χ1n) is 6.35. The predicted molar refractivity (Wildman–Crippen MR) is 71.1 cm³/mol. The van der Waals surface area contributed by atoms with Gasteiger partial charge in [0.25, 0.3) is 5.56 Å². The molecule has 0 radical (unpaired) electrons. The van der Waals surface area contributed by atoms with Crippen LogP contribution in [0.5, 0.6) is 0 Å². The summed E-state index contributed by atoms with van der Waals surface area (Å²) in [6.07, 6.45) is 7.96. The summed E-state index contributed by atoms with van der Waals surface area (Å²) in [5, 5.41) is 11.9. The first-order valence-corrected chi connectivity index (χ1v) is 6.35. The number of rotatable bonds is 5. The summed E-state index contributed by atoms with van der Waals surface area (Å²) in [7, 11) is 0. The van der Waals surface area contributed by atoms with E-state index in [1.807, 2.05) is 6.92 Å².